The molecule has 3 heteroatoms. The molecule has 0 unspecified atom stereocenters. The molecule has 0 spiro atoms. The Morgan fingerprint density at radius 3 is 2.31 bits per heavy atom. The molecule has 1 N–H and O–H groups in total. The van der Waals surface area contributed by atoms with Crippen LogP contribution in [0.1, 0.15) is 19.4 Å². The van der Waals surface area contributed by atoms with Gasteiger partial charge in [0.2, 0.25) is 0 Å². The zero-order valence-corrected chi connectivity index (χ0v) is 9.14. The smallest absolute Gasteiger partial charge is 0.176 e. The number of halogens is 1. The van der Waals surface area contributed by atoms with E-state index in [9.17, 15) is 5.11 Å². The molecule has 1 aromatic rings. The highest BCUT2D eigenvalue weighted by Crippen LogP contribution is 2.35. The second-order valence-electron chi connectivity index (χ2n) is 2.25. The SMILES string of the molecule is CC.COc1ccc(C)c(Cl)c1O. The van der Waals surface area contributed by atoms with E-state index in [1.54, 1.807) is 12.1 Å². The maximum atomic E-state index is 9.32. The van der Waals surface area contributed by atoms with Crippen molar-refractivity contribution in [3.05, 3.63) is 22.7 Å². The Morgan fingerprint density at radius 2 is 1.85 bits per heavy atom. The molecule has 0 bridgehead atoms. The fourth-order valence-electron chi connectivity index (χ4n) is 0.812. The molecule has 0 amide bonds. The highest BCUT2D eigenvalue weighted by Gasteiger charge is 2.07. The summed E-state index contributed by atoms with van der Waals surface area (Å²) in [5.74, 6) is 0.412. The molecule has 1 aromatic carbocycles. The van der Waals surface area contributed by atoms with Crippen LogP contribution in [-0.4, -0.2) is 12.2 Å². The number of aromatic hydroxyl groups is 1. The van der Waals surface area contributed by atoms with Crippen LogP contribution in [-0.2, 0) is 0 Å². The third-order valence-electron chi connectivity index (χ3n) is 1.49. The summed E-state index contributed by atoms with van der Waals surface area (Å²) in [6.45, 7) is 5.82. The van der Waals surface area contributed by atoms with E-state index in [1.165, 1.54) is 7.11 Å². The number of aryl methyl sites for hydroxylation is 1. The summed E-state index contributed by atoms with van der Waals surface area (Å²) in [7, 11) is 1.49. The number of ether oxygens (including phenoxy) is 1. The first kappa shape index (κ1) is 12.1. The van der Waals surface area contributed by atoms with Gasteiger partial charge in [-0.05, 0) is 18.6 Å². The first-order chi connectivity index (χ1) is 6.16. The summed E-state index contributed by atoms with van der Waals surface area (Å²) >= 11 is 5.73. The van der Waals surface area contributed by atoms with Crippen molar-refractivity contribution in [2.45, 2.75) is 20.8 Å². The van der Waals surface area contributed by atoms with Gasteiger partial charge in [0.1, 0.15) is 0 Å². The molecule has 0 heterocycles. The fourth-order valence-corrected chi connectivity index (χ4v) is 0.969. The van der Waals surface area contributed by atoms with Crippen molar-refractivity contribution >= 4 is 11.6 Å². The molecule has 0 aliphatic rings. The van der Waals surface area contributed by atoms with E-state index in [0.717, 1.165) is 5.56 Å². The van der Waals surface area contributed by atoms with E-state index >= 15 is 0 Å². The maximum absolute atomic E-state index is 9.32. The average Bonchev–Trinajstić information content (AvgIpc) is 2.18. The molecule has 0 saturated heterocycles. The van der Waals surface area contributed by atoms with Gasteiger partial charge in [-0.15, -0.1) is 0 Å². The third kappa shape index (κ3) is 2.81. The van der Waals surface area contributed by atoms with Crippen LogP contribution in [0.25, 0.3) is 0 Å². The number of phenolic OH excluding ortho intramolecular Hbond substituents is 1. The van der Waals surface area contributed by atoms with Gasteiger partial charge in [0, 0.05) is 0 Å². The minimum absolute atomic E-state index is 0.00849. The van der Waals surface area contributed by atoms with Gasteiger partial charge in [-0.1, -0.05) is 31.5 Å². The summed E-state index contributed by atoms with van der Waals surface area (Å²) in [4.78, 5) is 0. The number of rotatable bonds is 1. The monoisotopic (exact) mass is 202 g/mol. The van der Waals surface area contributed by atoms with Crippen LogP contribution in [0, 0.1) is 6.92 Å². The van der Waals surface area contributed by atoms with Gasteiger partial charge in [-0.3, -0.25) is 0 Å². The van der Waals surface area contributed by atoms with Crippen LogP contribution in [0.3, 0.4) is 0 Å². The Morgan fingerprint density at radius 1 is 1.31 bits per heavy atom. The first-order valence-electron chi connectivity index (χ1n) is 4.19. The summed E-state index contributed by atoms with van der Waals surface area (Å²) in [5.41, 5.74) is 0.838. The number of benzene rings is 1. The lowest BCUT2D eigenvalue weighted by molar-refractivity contribution is 0.373. The molecular weight excluding hydrogens is 188 g/mol. The Balaban J connectivity index is 0.000000671. The zero-order valence-electron chi connectivity index (χ0n) is 8.39. The number of phenols is 1. The summed E-state index contributed by atoms with van der Waals surface area (Å²) in [5, 5.41) is 9.67. The van der Waals surface area contributed by atoms with Gasteiger partial charge >= 0.3 is 0 Å². The van der Waals surface area contributed by atoms with Gasteiger partial charge in [-0.2, -0.15) is 0 Å². The van der Waals surface area contributed by atoms with Crippen LogP contribution in [0.2, 0.25) is 5.02 Å². The topological polar surface area (TPSA) is 29.5 Å². The number of hydrogen-bond donors (Lipinski definition) is 1. The Labute approximate surface area is 84.1 Å². The molecule has 0 atom stereocenters. The van der Waals surface area contributed by atoms with Crippen molar-refractivity contribution < 1.29 is 9.84 Å². The van der Waals surface area contributed by atoms with E-state index in [0.29, 0.717) is 10.8 Å². The van der Waals surface area contributed by atoms with Crippen LogP contribution >= 0.6 is 11.6 Å². The minimum Gasteiger partial charge on any atom is -0.503 e. The van der Waals surface area contributed by atoms with Crippen LogP contribution in [0.4, 0.5) is 0 Å². The molecule has 13 heavy (non-hydrogen) atoms. The van der Waals surface area contributed by atoms with Crippen LogP contribution < -0.4 is 4.74 Å². The van der Waals surface area contributed by atoms with Crippen molar-refractivity contribution in [2.24, 2.45) is 0 Å². The zero-order chi connectivity index (χ0) is 10.4. The van der Waals surface area contributed by atoms with Crippen molar-refractivity contribution in [1.82, 2.24) is 0 Å². The maximum Gasteiger partial charge on any atom is 0.176 e. The summed E-state index contributed by atoms with van der Waals surface area (Å²) < 4.78 is 4.85. The lowest BCUT2D eigenvalue weighted by Gasteiger charge is -2.05. The Kier molecular flexibility index (Phi) is 5.31. The molecule has 1 rings (SSSR count). The predicted molar refractivity (Wildman–Crippen MR) is 55.8 cm³/mol. The van der Waals surface area contributed by atoms with E-state index in [2.05, 4.69) is 0 Å². The van der Waals surface area contributed by atoms with Gasteiger partial charge in [-0.25, -0.2) is 0 Å². The molecule has 0 radical (unpaired) electrons. The second kappa shape index (κ2) is 5.70. The average molecular weight is 203 g/mol. The Hall–Kier alpha value is -0.890. The molecule has 0 saturated carbocycles. The molecule has 0 aliphatic carbocycles. The molecule has 74 valence electrons. The third-order valence-corrected chi connectivity index (χ3v) is 1.97. The number of methoxy groups -OCH3 is 1. The minimum atomic E-state index is 0.00849. The number of hydrogen-bond acceptors (Lipinski definition) is 2. The molecule has 0 fully saturated rings. The summed E-state index contributed by atoms with van der Waals surface area (Å²) in [6, 6.07) is 3.47. The van der Waals surface area contributed by atoms with Crippen molar-refractivity contribution in [3.63, 3.8) is 0 Å². The van der Waals surface area contributed by atoms with E-state index in [-0.39, 0.29) is 5.75 Å². The van der Waals surface area contributed by atoms with Crippen LogP contribution in [0.15, 0.2) is 12.1 Å². The Bertz CT molecular complexity index is 272. The van der Waals surface area contributed by atoms with Crippen molar-refractivity contribution in [1.29, 1.82) is 0 Å². The van der Waals surface area contributed by atoms with Crippen molar-refractivity contribution in [3.8, 4) is 11.5 Å². The highest BCUT2D eigenvalue weighted by atomic mass is 35.5. The van der Waals surface area contributed by atoms with Gasteiger partial charge in [0.05, 0.1) is 12.1 Å². The standard InChI is InChI=1S/C8H9ClO2.C2H6/c1-5-3-4-6(11-2)8(10)7(5)9;1-2/h3-4,10H,1-2H3;1-2H3. The molecule has 2 nitrogen and oxygen atoms in total. The normalized spacial score (nSPS) is 8.69. The van der Waals surface area contributed by atoms with Gasteiger partial charge < -0.3 is 9.84 Å². The van der Waals surface area contributed by atoms with Crippen LogP contribution in [0.5, 0.6) is 11.5 Å². The lowest BCUT2D eigenvalue weighted by atomic mass is 10.2. The van der Waals surface area contributed by atoms with E-state index in [1.807, 2.05) is 20.8 Å². The molecular formula is C10H15ClO2. The first-order valence-corrected chi connectivity index (χ1v) is 4.56. The molecule has 0 aromatic heterocycles. The second-order valence-corrected chi connectivity index (χ2v) is 2.63. The van der Waals surface area contributed by atoms with Crippen molar-refractivity contribution in [2.75, 3.05) is 7.11 Å². The quantitative estimate of drug-likeness (QED) is 0.757. The van der Waals surface area contributed by atoms with Gasteiger partial charge in [0.15, 0.2) is 11.5 Å². The predicted octanol–water partition coefficient (Wildman–Crippen LogP) is 3.39. The fraction of sp³-hybridized carbons (Fsp3) is 0.400. The molecule has 0 aliphatic heterocycles. The lowest BCUT2D eigenvalue weighted by Crippen LogP contribution is -1.85. The highest BCUT2D eigenvalue weighted by molar-refractivity contribution is 6.33. The van der Waals surface area contributed by atoms with E-state index < -0.39 is 0 Å². The van der Waals surface area contributed by atoms with Gasteiger partial charge in [0.25, 0.3) is 0 Å². The summed E-state index contributed by atoms with van der Waals surface area (Å²) in [6.07, 6.45) is 0. The largest absolute Gasteiger partial charge is 0.503 e. The van der Waals surface area contributed by atoms with E-state index in [4.69, 9.17) is 16.3 Å².